The molecule has 0 bridgehead atoms. The topological polar surface area (TPSA) is 238 Å². The Morgan fingerprint density at radius 2 is 1.64 bits per heavy atom. The number of piperidine rings is 1. The maximum atomic E-state index is 13.9. The van der Waals surface area contributed by atoms with Crippen molar-refractivity contribution in [3.8, 4) is 22.5 Å². The van der Waals surface area contributed by atoms with E-state index in [0.29, 0.717) is 49.3 Å². The fourth-order valence-corrected chi connectivity index (χ4v) is 9.29. The van der Waals surface area contributed by atoms with Crippen molar-refractivity contribution >= 4 is 39.7 Å². The van der Waals surface area contributed by atoms with Crippen LogP contribution in [-0.2, 0) is 30.8 Å². The lowest BCUT2D eigenvalue weighted by atomic mass is 9.81. The van der Waals surface area contributed by atoms with Gasteiger partial charge in [0.05, 0.1) is 4.90 Å². The van der Waals surface area contributed by atoms with E-state index in [1.165, 1.54) is 4.90 Å². The predicted molar refractivity (Wildman–Crippen MR) is 228 cm³/mol. The number of carboxylic acid groups (broad SMARTS) is 1. The minimum absolute atomic E-state index is 0.124. The summed E-state index contributed by atoms with van der Waals surface area (Å²) in [5.74, 6) is -0.254. The van der Waals surface area contributed by atoms with E-state index in [2.05, 4.69) is 41.3 Å². The number of nitrogens with zero attached hydrogens (tertiary/aromatic N) is 4. The van der Waals surface area contributed by atoms with Crippen LogP contribution in [0.1, 0.15) is 77.3 Å². The Labute approximate surface area is 355 Å². The second kappa shape index (κ2) is 19.2. The van der Waals surface area contributed by atoms with Crippen LogP contribution in [0, 0.1) is 18.8 Å². The Bertz CT molecular complexity index is 2270. The van der Waals surface area contributed by atoms with E-state index in [4.69, 9.17) is 4.74 Å². The van der Waals surface area contributed by atoms with Crippen LogP contribution in [0.15, 0.2) is 71.6 Å². The molecule has 4 aromatic rings. The highest BCUT2D eigenvalue weighted by molar-refractivity contribution is 7.89. The molecular formula is C43H55N9O8S. The number of sulfonamides is 1. The first-order valence-electron chi connectivity index (χ1n) is 20.6. The Kier molecular flexibility index (Phi) is 14.1. The molecule has 6 N–H and O–H groups in total. The highest BCUT2D eigenvalue weighted by atomic mass is 32.2. The minimum atomic E-state index is -3.86. The monoisotopic (exact) mass is 857 g/mol. The summed E-state index contributed by atoms with van der Waals surface area (Å²) in [6.45, 7) is 9.76. The van der Waals surface area contributed by atoms with E-state index in [0.717, 1.165) is 35.1 Å². The average molecular weight is 858 g/mol. The molecule has 17 nitrogen and oxygen atoms in total. The third-order valence-electron chi connectivity index (χ3n) is 11.2. The number of aromatic nitrogens is 4. The summed E-state index contributed by atoms with van der Waals surface area (Å²) < 4.78 is 34.8. The first-order valence-corrected chi connectivity index (χ1v) is 22.1. The molecule has 3 atom stereocenters. The number of hydrogen-bond acceptors (Lipinski definition) is 10. The summed E-state index contributed by atoms with van der Waals surface area (Å²) in [5, 5.41) is 32.2. The average Bonchev–Trinajstić information content (AvgIpc) is 3.75. The molecule has 1 saturated carbocycles. The van der Waals surface area contributed by atoms with Gasteiger partial charge in [-0.25, -0.2) is 22.7 Å². The van der Waals surface area contributed by atoms with Crippen molar-refractivity contribution in [3.63, 3.8) is 0 Å². The van der Waals surface area contributed by atoms with Crippen molar-refractivity contribution in [2.75, 3.05) is 18.4 Å². The van der Waals surface area contributed by atoms with Crippen molar-refractivity contribution in [2.45, 2.75) is 108 Å². The number of carbonyl (C=O) groups excluding carboxylic acids is 3. The number of amides is 4. The minimum Gasteiger partial charge on any atom is -0.465 e. The van der Waals surface area contributed by atoms with Crippen LogP contribution < -0.4 is 20.7 Å². The largest absolute Gasteiger partial charge is 0.465 e. The summed E-state index contributed by atoms with van der Waals surface area (Å²) in [5.41, 5.74) is 3.87. The summed E-state index contributed by atoms with van der Waals surface area (Å²) in [4.78, 5) is 52.7. The van der Waals surface area contributed by atoms with E-state index in [1.54, 1.807) is 49.4 Å². The number of carbonyl (C=O) groups is 4. The molecule has 3 aromatic carbocycles. The first-order chi connectivity index (χ1) is 28.9. The molecule has 0 radical (unpaired) electrons. The molecule has 61 heavy (non-hydrogen) atoms. The van der Waals surface area contributed by atoms with Gasteiger partial charge in [-0.05, 0) is 143 Å². The van der Waals surface area contributed by atoms with E-state index < -0.39 is 33.9 Å². The molecule has 2 heterocycles. The molecule has 4 amide bonds. The lowest BCUT2D eigenvalue weighted by molar-refractivity contribution is -0.130. The van der Waals surface area contributed by atoms with Crippen LogP contribution in [0.4, 0.5) is 15.3 Å². The van der Waals surface area contributed by atoms with Crippen molar-refractivity contribution < 1.29 is 37.4 Å². The van der Waals surface area contributed by atoms with E-state index in [1.807, 2.05) is 52.0 Å². The number of anilines is 1. The smallest absolute Gasteiger partial charge is 0.407 e. The number of aromatic amines is 1. The molecule has 18 heteroatoms. The van der Waals surface area contributed by atoms with Gasteiger partial charge in [-0.2, -0.15) is 5.21 Å². The van der Waals surface area contributed by atoms with Gasteiger partial charge in [0.15, 0.2) is 0 Å². The van der Waals surface area contributed by atoms with Gasteiger partial charge in [-0.1, -0.05) is 30.3 Å². The van der Waals surface area contributed by atoms with Gasteiger partial charge >= 0.3 is 12.2 Å². The molecule has 2 fully saturated rings. The number of benzene rings is 3. The van der Waals surface area contributed by atoms with Crippen molar-refractivity contribution in [1.29, 1.82) is 0 Å². The third kappa shape index (κ3) is 12.1. The Balaban J connectivity index is 1.11. The lowest BCUT2D eigenvalue weighted by Crippen LogP contribution is -2.50. The maximum Gasteiger partial charge on any atom is 0.407 e. The van der Waals surface area contributed by atoms with E-state index in [9.17, 15) is 32.7 Å². The maximum absolute atomic E-state index is 13.9. The van der Waals surface area contributed by atoms with Crippen LogP contribution in [0.5, 0.6) is 0 Å². The van der Waals surface area contributed by atoms with Crippen molar-refractivity contribution in [1.82, 2.24) is 40.9 Å². The Morgan fingerprint density at radius 3 is 2.25 bits per heavy atom. The van der Waals surface area contributed by atoms with Gasteiger partial charge in [0, 0.05) is 48.8 Å². The quantitative estimate of drug-likeness (QED) is 0.0961. The summed E-state index contributed by atoms with van der Waals surface area (Å²) in [6.07, 6.45) is 2.23. The van der Waals surface area contributed by atoms with Crippen LogP contribution in [0.25, 0.3) is 22.5 Å². The highest BCUT2D eigenvalue weighted by Gasteiger charge is 2.32. The number of tetrazole rings is 1. The zero-order chi connectivity index (χ0) is 43.9. The second-order valence-corrected chi connectivity index (χ2v) is 18.7. The molecule has 1 aliphatic carbocycles. The zero-order valence-electron chi connectivity index (χ0n) is 35.1. The third-order valence-corrected chi connectivity index (χ3v) is 12.7. The number of H-pyrrole nitrogens is 1. The molecule has 6 rings (SSSR count). The molecule has 2 unspecified atom stereocenters. The lowest BCUT2D eigenvalue weighted by Gasteiger charge is -2.35. The normalized spacial score (nSPS) is 20.0. The van der Waals surface area contributed by atoms with Gasteiger partial charge in [-0.3, -0.25) is 9.59 Å². The number of aryl methyl sites for hydroxylation is 1. The number of nitrogens with one attached hydrogen (secondary N) is 5. The number of rotatable bonds is 13. The summed E-state index contributed by atoms with van der Waals surface area (Å²) in [7, 11) is -3.86. The van der Waals surface area contributed by atoms with Gasteiger partial charge in [0.2, 0.25) is 27.7 Å². The van der Waals surface area contributed by atoms with Crippen LogP contribution in [-0.4, -0.2) is 99.9 Å². The van der Waals surface area contributed by atoms with Crippen LogP contribution in [0.3, 0.4) is 0 Å². The summed E-state index contributed by atoms with van der Waals surface area (Å²) in [6, 6.07) is 17.9. The first kappa shape index (κ1) is 44.7. The molecule has 1 saturated heterocycles. The number of hydrogen-bond donors (Lipinski definition) is 6. The molecule has 2 aliphatic rings. The molecule has 1 aromatic heterocycles. The van der Waals surface area contributed by atoms with E-state index in [-0.39, 0.29) is 53.6 Å². The SMILES string of the molecule is Cc1cc(S(=O)(=O)NC2CCN(C(=O)O)C(C)C2)ccc1-c1ccc(C[C@H](NC(=O)C2CCC(CNC(=O)OC(C)(C)C)CC2)C(=O)Nc2ccc(-c3nn[nH]n3)cc2)cc1. The summed E-state index contributed by atoms with van der Waals surface area (Å²) >= 11 is 0. The van der Waals surface area contributed by atoms with Crippen molar-refractivity contribution in [3.05, 3.63) is 77.9 Å². The zero-order valence-corrected chi connectivity index (χ0v) is 35.9. The van der Waals surface area contributed by atoms with Gasteiger partial charge in [-0.15, -0.1) is 10.2 Å². The van der Waals surface area contributed by atoms with E-state index >= 15 is 0 Å². The number of likely N-dealkylation sites (tertiary alicyclic amines) is 1. The fraction of sp³-hybridized carbons (Fsp3) is 0.465. The van der Waals surface area contributed by atoms with Gasteiger partial charge in [0.1, 0.15) is 11.6 Å². The standard InChI is InChI=1S/C43H55N9O8S/c1-26-22-35(61(58,59)49-34-20-21-52(42(56)57)27(2)23-34)18-19-36(26)30-10-6-28(7-11-30)24-37(40(54)45-33-16-14-31(15-17-33)38-47-50-51-48-38)46-39(53)32-12-8-29(9-13-32)25-44-41(55)60-43(3,4)5/h6-7,10-11,14-19,22,27,29,32,34,37,49H,8-9,12-13,20-21,23-25H2,1-5H3,(H,44,55)(H,45,54)(H,46,53)(H,56,57)(H,47,48,50,51)/t27?,29?,32?,34?,37-/m0/s1. The highest BCUT2D eigenvalue weighted by Crippen LogP contribution is 2.30. The molecular weight excluding hydrogens is 803 g/mol. The van der Waals surface area contributed by atoms with Gasteiger partial charge < -0.3 is 30.7 Å². The molecule has 326 valence electrons. The number of alkyl carbamates (subject to hydrolysis) is 1. The predicted octanol–water partition coefficient (Wildman–Crippen LogP) is 5.65. The van der Waals surface area contributed by atoms with Gasteiger partial charge in [0.25, 0.3) is 0 Å². The fourth-order valence-electron chi connectivity index (χ4n) is 7.92. The van der Waals surface area contributed by atoms with Crippen LogP contribution >= 0.6 is 0 Å². The Hall–Kier alpha value is -5.88. The Morgan fingerprint density at radius 1 is 0.951 bits per heavy atom. The molecule has 0 spiro atoms. The van der Waals surface area contributed by atoms with Crippen molar-refractivity contribution in [2.24, 2.45) is 11.8 Å². The number of ether oxygens (including phenoxy) is 1. The van der Waals surface area contributed by atoms with Crippen LogP contribution in [0.2, 0.25) is 0 Å². The second-order valence-electron chi connectivity index (χ2n) is 17.0. The molecule has 1 aliphatic heterocycles.